The molecule has 0 bridgehead atoms. The lowest BCUT2D eigenvalue weighted by atomic mass is 9.89. The molecule has 1 aliphatic heterocycles. The minimum absolute atomic E-state index is 0.161. The van der Waals surface area contributed by atoms with E-state index in [2.05, 4.69) is 41.1 Å². The highest BCUT2D eigenvalue weighted by molar-refractivity contribution is 9.10. The number of aryl methyl sites for hydroxylation is 1. The van der Waals surface area contributed by atoms with Crippen molar-refractivity contribution in [2.75, 3.05) is 13.2 Å². The molecule has 1 heterocycles. The third-order valence-corrected chi connectivity index (χ3v) is 3.90. The molecular formula is C13H18BrNO. The highest BCUT2D eigenvalue weighted by Gasteiger charge is 2.27. The van der Waals surface area contributed by atoms with Crippen molar-refractivity contribution in [2.24, 2.45) is 11.7 Å². The van der Waals surface area contributed by atoms with E-state index in [1.165, 1.54) is 17.5 Å². The van der Waals surface area contributed by atoms with Crippen LogP contribution < -0.4 is 5.73 Å². The Hall–Kier alpha value is -0.380. The Morgan fingerprint density at radius 2 is 2.31 bits per heavy atom. The monoisotopic (exact) mass is 283 g/mol. The number of hydrogen-bond donors (Lipinski definition) is 1. The van der Waals surface area contributed by atoms with Gasteiger partial charge in [0.15, 0.2) is 0 Å². The molecule has 0 amide bonds. The molecule has 2 nitrogen and oxygen atoms in total. The molecule has 2 N–H and O–H groups in total. The number of nitrogens with two attached hydrogens (primary N) is 1. The van der Waals surface area contributed by atoms with E-state index in [9.17, 15) is 0 Å². The molecule has 2 atom stereocenters. The topological polar surface area (TPSA) is 35.2 Å². The van der Waals surface area contributed by atoms with Crippen molar-refractivity contribution in [1.29, 1.82) is 0 Å². The van der Waals surface area contributed by atoms with Gasteiger partial charge in [-0.05, 0) is 43.5 Å². The molecule has 16 heavy (non-hydrogen) atoms. The quantitative estimate of drug-likeness (QED) is 0.905. The second-order valence-corrected chi connectivity index (χ2v) is 5.31. The molecule has 1 saturated heterocycles. The summed E-state index contributed by atoms with van der Waals surface area (Å²) in [5, 5.41) is 0. The van der Waals surface area contributed by atoms with Crippen molar-refractivity contribution in [1.82, 2.24) is 0 Å². The predicted octanol–water partition coefficient (Wildman–Crippen LogP) is 3.18. The lowest BCUT2D eigenvalue weighted by Crippen LogP contribution is -2.28. The summed E-state index contributed by atoms with van der Waals surface area (Å²) in [7, 11) is 0. The zero-order chi connectivity index (χ0) is 11.5. The molecular weight excluding hydrogens is 266 g/mol. The Morgan fingerprint density at radius 3 is 3.00 bits per heavy atom. The SMILES string of the molecule is Cc1ccc(C2OCCCC2CN)c(Br)c1. The number of halogens is 1. The van der Waals surface area contributed by atoms with Gasteiger partial charge in [0.2, 0.25) is 0 Å². The van der Waals surface area contributed by atoms with Crippen LogP contribution in [0.2, 0.25) is 0 Å². The van der Waals surface area contributed by atoms with Gasteiger partial charge in [0.25, 0.3) is 0 Å². The fraction of sp³-hybridized carbons (Fsp3) is 0.538. The summed E-state index contributed by atoms with van der Waals surface area (Å²) in [6.07, 6.45) is 2.46. The van der Waals surface area contributed by atoms with Gasteiger partial charge >= 0.3 is 0 Å². The van der Waals surface area contributed by atoms with Crippen LogP contribution in [-0.4, -0.2) is 13.2 Å². The first kappa shape index (κ1) is 12.1. The molecule has 1 aliphatic rings. The van der Waals surface area contributed by atoms with Gasteiger partial charge in [-0.1, -0.05) is 28.1 Å². The minimum atomic E-state index is 0.161. The average molecular weight is 284 g/mol. The molecule has 1 aromatic rings. The molecule has 0 aromatic heterocycles. The van der Waals surface area contributed by atoms with E-state index in [0.29, 0.717) is 12.5 Å². The first-order valence-corrected chi connectivity index (χ1v) is 6.59. The Bertz CT molecular complexity index is 367. The largest absolute Gasteiger partial charge is 0.373 e. The van der Waals surface area contributed by atoms with E-state index >= 15 is 0 Å². The van der Waals surface area contributed by atoms with Crippen LogP contribution >= 0.6 is 15.9 Å². The smallest absolute Gasteiger partial charge is 0.0875 e. The van der Waals surface area contributed by atoms with Crippen molar-refractivity contribution in [3.8, 4) is 0 Å². The Kier molecular flexibility index (Phi) is 4.00. The molecule has 0 aliphatic carbocycles. The van der Waals surface area contributed by atoms with Gasteiger partial charge in [-0.2, -0.15) is 0 Å². The summed E-state index contributed by atoms with van der Waals surface area (Å²) in [4.78, 5) is 0. The average Bonchev–Trinajstić information content (AvgIpc) is 2.29. The van der Waals surface area contributed by atoms with Crippen LogP contribution in [0.4, 0.5) is 0 Å². The van der Waals surface area contributed by atoms with Gasteiger partial charge in [0, 0.05) is 17.0 Å². The van der Waals surface area contributed by atoms with E-state index in [1.54, 1.807) is 0 Å². The van der Waals surface area contributed by atoms with E-state index in [4.69, 9.17) is 10.5 Å². The Morgan fingerprint density at radius 1 is 1.50 bits per heavy atom. The number of rotatable bonds is 2. The van der Waals surface area contributed by atoms with Crippen LogP contribution in [0, 0.1) is 12.8 Å². The molecule has 88 valence electrons. The summed E-state index contributed by atoms with van der Waals surface area (Å²) in [5.74, 6) is 0.452. The van der Waals surface area contributed by atoms with Crippen LogP contribution in [0.1, 0.15) is 30.1 Å². The summed E-state index contributed by atoms with van der Waals surface area (Å²) >= 11 is 3.62. The number of benzene rings is 1. The molecule has 0 radical (unpaired) electrons. The fourth-order valence-electron chi connectivity index (χ4n) is 2.29. The van der Waals surface area contributed by atoms with Crippen LogP contribution in [0.3, 0.4) is 0 Å². The lowest BCUT2D eigenvalue weighted by Gasteiger charge is -2.31. The maximum atomic E-state index is 5.88. The summed E-state index contributed by atoms with van der Waals surface area (Å²) in [6, 6.07) is 6.42. The maximum Gasteiger partial charge on any atom is 0.0875 e. The molecule has 3 heteroatoms. The van der Waals surface area contributed by atoms with Crippen LogP contribution in [0.25, 0.3) is 0 Å². The third-order valence-electron chi connectivity index (χ3n) is 3.21. The summed E-state index contributed by atoms with van der Waals surface area (Å²) in [5.41, 5.74) is 8.31. The lowest BCUT2D eigenvalue weighted by molar-refractivity contribution is -0.0255. The Balaban J connectivity index is 2.27. The van der Waals surface area contributed by atoms with Crippen LogP contribution in [0.5, 0.6) is 0 Å². The fourth-order valence-corrected chi connectivity index (χ4v) is 3.01. The molecule has 0 spiro atoms. The van der Waals surface area contributed by atoms with Gasteiger partial charge in [-0.15, -0.1) is 0 Å². The minimum Gasteiger partial charge on any atom is -0.373 e. The van der Waals surface area contributed by atoms with Gasteiger partial charge < -0.3 is 10.5 Å². The molecule has 1 fully saturated rings. The normalized spacial score (nSPS) is 25.7. The summed E-state index contributed by atoms with van der Waals surface area (Å²) in [6.45, 7) is 3.64. The molecule has 2 unspecified atom stereocenters. The van der Waals surface area contributed by atoms with Gasteiger partial charge in [-0.3, -0.25) is 0 Å². The van der Waals surface area contributed by atoms with Crippen LogP contribution in [-0.2, 0) is 4.74 Å². The second-order valence-electron chi connectivity index (χ2n) is 4.45. The number of hydrogen-bond acceptors (Lipinski definition) is 2. The van der Waals surface area contributed by atoms with Crippen molar-refractivity contribution in [3.63, 3.8) is 0 Å². The maximum absolute atomic E-state index is 5.88. The van der Waals surface area contributed by atoms with E-state index in [-0.39, 0.29) is 6.10 Å². The predicted molar refractivity (Wildman–Crippen MR) is 69.4 cm³/mol. The van der Waals surface area contributed by atoms with E-state index in [1.807, 2.05) is 0 Å². The zero-order valence-electron chi connectivity index (χ0n) is 9.58. The van der Waals surface area contributed by atoms with Crippen molar-refractivity contribution in [3.05, 3.63) is 33.8 Å². The highest BCUT2D eigenvalue weighted by atomic mass is 79.9. The second kappa shape index (κ2) is 5.30. The van der Waals surface area contributed by atoms with Crippen molar-refractivity contribution < 1.29 is 4.74 Å². The van der Waals surface area contributed by atoms with Gasteiger partial charge in [0.1, 0.15) is 0 Å². The highest BCUT2D eigenvalue weighted by Crippen LogP contribution is 2.36. The first-order chi connectivity index (χ1) is 7.72. The third kappa shape index (κ3) is 2.47. The van der Waals surface area contributed by atoms with E-state index in [0.717, 1.165) is 17.5 Å². The van der Waals surface area contributed by atoms with Crippen molar-refractivity contribution in [2.45, 2.75) is 25.9 Å². The molecule has 0 saturated carbocycles. The van der Waals surface area contributed by atoms with Crippen molar-refractivity contribution >= 4 is 15.9 Å². The van der Waals surface area contributed by atoms with Gasteiger partial charge in [0.05, 0.1) is 6.10 Å². The summed E-state index contributed by atoms with van der Waals surface area (Å²) < 4.78 is 7.02. The van der Waals surface area contributed by atoms with E-state index < -0.39 is 0 Å². The zero-order valence-corrected chi connectivity index (χ0v) is 11.2. The standard InChI is InChI=1S/C13H18BrNO/c1-9-4-5-11(12(14)7-9)13-10(8-15)3-2-6-16-13/h4-5,7,10,13H,2-3,6,8,15H2,1H3. The van der Waals surface area contributed by atoms with Gasteiger partial charge in [-0.25, -0.2) is 0 Å². The Labute approximate surface area is 105 Å². The molecule has 2 rings (SSSR count). The first-order valence-electron chi connectivity index (χ1n) is 5.80. The van der Waals surface area contributed by atoms with Crippen LogP contribution in [0.15, 0.2) is 22.7 Å². The molecule has 1 aromatic carbocycles. The number of ether oxygens (including phenoxy) is 1.